The van der Waals surface area contributed by atoms with E-state index in [-0.39, 0.29) is 41.7 Å². The van der Waals surface area contributed by atoms with Crippen molar-refractivity contribution < 1.29 is 24.2 Å². The van der Waals surface area contributed by atoms with Crippen LogP contribution in [0.15, 0.2) is 42.0 Å². The van der Waals surface area contributed by atoms with Crippen LogP contribution < -0.4 is 4.74 Å². The third kappa shape index (κ3) is 3.64. The van der Waals surface area contributed by atoms with E-state index in [1.165, 1.54) is 0 Å². The Morgan fingerprint density at radius 3 is 2.79 bits per heavy atom. The van der Waals surface area contributed by atoms with Gasteiger partial charge in [0.25, 0.3) is 0 Å². The van der Waals surface area contributed by atoms with Crippen molar-refractivity contribution in [2.24, 2.45) is 44.5 Å². The van der Waals surface area contributed by atoms with Gasteiger partial charge in [0, 0.05) is 27.6 Å². The molecule has 38 heavy (non-hydrogen) atoms. The molecule has 8 heteroatoms. The highest BCUT2D eigenvalue weighted by molar-refractivity contribution is 5.89. The smallest absolute Gasteiger partial charge is 0.344 e. The molecule has 0 aromatic heterocycles. The van der Waals surface area contributed by atoms with Crippen molar-refractivity contribution >= 4 is 11.8 Å². The lowest BCUT2D eigenvalue weighted by Crippen LogP contribution is -2.71. The van der Waals surface area contributed by atoms with Gasteiger partial charge in [-0.15, -0.1) is 6.58 Å². The predicted molar refractivity (Wildman–Crippen MR) is 142 cm³/mol. The van der Waals surface area contributed by atoms with E-state index in [0.29, 0.717) is 24.4 Å². The van der Waals surface area contributed by atoms with Crippen LogP contribution in [0.3, 0.4) is 0 Å². The summed E-state index contributed by atoms with van der Waals surface area (Å²) in [5, 5.41) is 15.2. The van der Waals surface area contributed by atoms with Gasteiger partial charge in [0.15, 0.2) is 6.61 Å². The standard InChI is InChI=1S/C30H39N3O5/c1-6-27(4)14-23(38-24(35)16-37-21-9-7-8-20(12-21)15-32-33-31)28(5)18(2)13-30-17-29(26(28)30,11-10-22(30)34)19(3)25(27)36/h6-9,12,18-19,23,25-26,36H,1,10-11,13-17H2,2-5H3/t18?,19-,23+,25-,26?,27+,28-,29?,30?/m0/s1. The van der Waals surface area contributed by atoms with Crippen LogP contribution in [0.25, 0.3) is 10.4 Å². The van der Waals surface area contributed by atoms with Crippen LogP contribution in [0.2, 0.25) is 0 Å². The number of azide groups is 1. The van der Waals surface area contributed by atoms with Crippen molar-refractivity contribution in [3.63, 3.8) is 0 Å². The monoisotopic (exact) mass is 521 g/mol. The molecular weight excluding hydrogens is 482 g/mol. The molecule has 4 aliphatic carbocycles. The molecule has 4 aliphatic rings. The second-order valence-corrected chi connectivity index (χ2v) is 12.8. The largest absolute Gasteiger partial charge is 0.482 e. The van der Waals surface area contributed by atoms with E-state index in [4.69, 9.17) is 15.0 Å². The lowest BCUT2D eigenvalue weighted by molar-refractivity contribution is -0.258. The second-order valence-electron chi connectivity index (χ2n) is 12.8. The van der Waals surface area contributed by atoms with Gasteiger partial charge in [-0.05, 0) is 72.1 Å². The Morgan fingerprint density at radius 2 is 2.08 bits per heavy atom. The zero-order valence-electron chi connectivity index (χ0n) is 22.9. The Bertz CT molecular complexity index is 1210. The normalized spacial score (nSPS) is 43.0. The Hall–Kier alpha value is -2.83. The topological polar surface area (TPSA) is 122 Å². The molecular formula is C30H39N3O5. The van der Waals surface area contributed by atoms with E-state index < -0.39 is 29.0 Å². The highest BCUT2D eigenvalue weighted by Crippen LogP contribution is 2.82. The molecule has 204 valence electrons. The summed E-state index contributed by atoms with van der Waals surface area (Å²) in [5.41, 5.74) is 7.78. The van der Waals surface area contributed by atoms with Crippen molar-refractivity contribution in [1.29, 1.82) is 0 Å². The van der Waals surface area contributed by atoms with Gasteiger partial charge in [-0.25, -0.2) is 4.79 Å². The number of aliphatic hydroxyl groups excluding tert-OH is 1. The van der Waals surface area contributed by atoms with Crippen LogP contribution in [0.4, 0.5) is 0 Å². The maximum atomic E-state index is 13.4. The lowest BCUT2D eigenvalue weighted by Gasteiger charge is -2.71. The van der Waals surface area contributed by atoms with E-state index in [0.717, 1.165) is 24.8 Å². The molecule has 2 bridgehead atoms. The number of esters is 1. The molecule has 1 N–H and O–H groups in total. The van der Waals surface area contributed by atoms with Gasteiger partial charge in [-0.3, -0.25) is 4.79 Å². The molecule has 1 aromatic carbocycles. The average Bonchev–Trinajstić information content (AvgIpc) is 3.09. The number of ether oxygens (including phenoxy) is 2. The molecule has 0 heterocycles. The Morgan fingerprint density at radius 1 is 1.32 bits per heavy atom. The number of Topliss-reactive ketones (excluding diaryl/α,β-unsaturated/α-hetero) is 1. The van der Waals surface area contributed by atoms with Crippen molar-refractivity contribution in [2.75, 3.05) is 6.61 Å². The van der Waals surface area contributed by atoms with Crippen LogP contribution in [-0.4, -0.2) is 35.7 Å². The van der Waals surface area contributed by atoms with Gasteiger partial charge >= 0.3 is 5.97 Å². The molecule has 0 saturated heterocycles. The minimum absolute atomic E-state index is 0.0129. The van der Waals surface area contributed by atoms with Crippen molar-refractivity contribution in [3.05, 3.63) is 52.9 Å². The van der Waals surface area contributed by atoms with E-state index >= 15 is 0 Å². The fourth-order valence-corrected chi connectivity index (χ4v) is 9.20. The summed E-state index contributed by atoms with van der Waals surface area (Å²) in [4.78, 5) is 29.4. The number of carbonyl (C=O) groups is 2. The highest BCUT2D eigenvalue weighted by Gasteiger charge is 2.81. The third-order valence-corrected chi connectivity index (χ3v) is 11.2. The Balaban J connectivity index is 1.43. The van der Waals surface area contributed by atoms with Crippen LogP contribution in [0.5, 0.6) is 5.75 Å². The number of benzene rings is 1. The number of rotatable bonds is 7. The fourth-order valence-electron chi connectivity index (χ4n) is 9.20. The minimum atomic E-state index is -0.650. The Labute approximate surface area is 224 Å². The van der Waals surface area contributed by atoms with Crippen LogP contribution in [0.1, 0.15) is 65.4 Å². The first-order chi connectivity index (χ1) is 18.0. The number of nitrogens with zero attached hydrogens (tertiary/aromatic N) is 3. The predicted octanol–water partition coefficient (Wildman–Crippen LogP) is 5.78. The summed E-state index contributed by atoms with van der Waals surface area (Å²) < 4.78 is 12.0. The molecule has 2 spiro atoms. The number of hydrogen-bond donors (Lipinski definition) is 1. The van der Waals surface area contributed by atoms with Crippen molar-refractivity contribution in [3.8, 4) is 5.75 Å². The first-order valence-corrected chi connectivity index (χ1v) is 13.7. The lowest BCUT2D eigenvalue weighted by atomic mass is 9.32. The van der Waals surface area contributed by atoms with E-state index in [1.54, 1.807) is 18.2 Å². The molecule has 9 atom stereocenters. The zero-order chi connectivity index (χ0) is 27.5. The fraction of sp³-hybridized carbons (Fsp3) is 0.667. The summed E-state index contributed by atoms with van der Waals surface area (Å²) in [7, 11) is 0. The molecule has 4 unspecified atom stereocenters. The molecule has 0 amide bonds. The van der Waals surface area contributed by atoms with Crippen molar-refractivity contribution in [2.45, 2.75) is 78.6 Å². The number of hydrogen-bond acceptors (Lipinski definition) is 6. The molecule has 0 radical (unpaired) electrons. The average molecular weight is 522 g/mol. The summed E-state index contributed by atoms with van der Waals surface area (Å²) in [5.74, 6) is 0.631. The Kier molecular flexibility index (Phi) is 6.43. The molecule has 4 fully saturated rings. The van der Waals surface area contributed by atoms with Gasteiger partial charge in [0.2, 0.25) is 0 Å². The van der Waals surface area contributed by atoms with E-state index in [2.05, 4.69) is 37.4 Å². The van der Waals surface area contributed by atoms with Gasteiger partial charge < -0.3 is 14.6 Å². The van der Waals surface area contributed by atoms with Gasteiger partial charge in [-0.1, -0.05) is 51.0 Å². The summed E-state index contributed by atoms with van der Waals surface area (Å²) in [6.45, 7) is 12.6. The maximum absolute atomic E-state index is 13.4. The molecule has 1 aromatic rings. The van der Waals surface area contributed by atoms with Gasteiger partial charge in [0.1, 0.15) is 17.6 Å². The number of ketones is 1. The van der Waals surface area contributed by atoms with E-state index in [1.807, 2.05) is 19.1 Å². The molecule has 5 rings (SSSR count). The summed E-state index contributed by atoms with van der Waals surface area (Å²) >= 11 is 0. The summed E-state index contributed by atoms with van der Waals surface area (Å²) in [6, 6.07) is 7.08. The summed E-state index contributed by atoms with van der Waals surface area (Å²) in [6.07, 6.45) is 4.10. The van der Waals surface area contributed by atoms with Crippen molar-refractivity contribution in [1.82, 2.24) is 0 Å². The van der Waals surface area contributed by atoms with Crippen LogP contribution >= 0.6 is 0 Å². The SMILES string of the molecule is C=C[C@]1(C)C[C@@H](OC(=O)COc2cccc(CN=[N+]=[N-])c2)[C@]2(C)C(C)CC34CC(CCC3=O)(C42)[C@@H](C)[C@@H]1O. The molecule has 4 saturated carbocycles. The first-order valence-electron chi connectivity index (χ1n) is 13.7. The maximum Gasteiger partial charge on any atom is 0.344 e. The zero-order valence-corrected chi connectivity index (χ0v) is 22.9. The number of aliphatic hydroxyl groups is 1. The third-order valence-electron chi connectivity index (χ3n) is 11.2. The highest BCUT2D eigenvalue weighted by atomic mass is 16.6. The van der Waals surface area contributed by atoms with E-state index in [9.17, 15) is 14.7 Å². The molecule has 8 nitrogen and oxygen atoms in total. The van der Waals surface area contributed by atoms with Crippen LogP contribution in [0, 0.1) is 39.4 Å². The van der Waals surface area contributed by atoms with Gasteiger partial charge in [-0.2, -0.15) is 0 Å². The van der Waals surface area contributed by atoms with Gasteiger partial charge in [0.05, 0.1) is 12.6 Å². The first kappa shape index (κ1) is 26.8. The minimum Gasteiger partial charge on any atom is -0.482 e. The number of carbonyl (C=O) groups excluding carboxylic acids is 2. The second kappa shape index (κ2) is 9.13. The molecule has 0 aliphatic heterocycles. The van der Waals surface area contributed by atoms with Crippen LogP contribution in [-0.2, 0) is 20.9 Å². The quantitative estimate of drug-likeness (QED) is 0.160.